The van der Waals surface area contributed by atoms with E-state index < -0.39 is 24.0 Å². The third-order valence-corrected chi connectivity index (χ3v) is 9.46. The molecule has 2 fully saturated rings. The number of ether oxygens (including phenoxy) is 1. The number of likely N-dealkylation sites (N-methyl/N-ethyl adjacent to an activating group) is 1. The molecule has 1 aliphatic carbocycles. The second-order valence-electron chi connectivity index (χ2n) is 12.7. The van der Waals surface area contributed by atoms with Gasteiger partial charge in [0.15, 0.2) is 5.78 Å². The van der Waals surface area contributed by atoms with Gasteiger partial charge in [-0.3, -0.25) is 23.9 Å². The molecule has 2 N–H and O–H groups in total. The largest absolute Gasteiger partial charge is 0.374 e. The Hall–Kier alpha value is -3.64. The monoisotopic (exact) mass is 640 g/mol. The Balaban J connectivity index is 1.54. The lowest BCUT2D eigenvalue weighted by atomic mass is 9.77. The molecule has 11 nitrogen and oxygen atoms in total. The third-order valence-electron chi connectivity index (χ3n) is 9.46. The molecule has 2 aliphatic rings. The van der Waals surface area contributed by atoms with E-state index in [4.69, 9.17) is 4.74 Å². The van der Waals surface area contributed by atoms with Crippen molar-refractivity contribution in [3.05, 3.63) is 53.1 Å². The van der Waals surface area contributed by atoms with Crippen molar-refractivity contribution in [2.45, 2.75) is 84.0 Å². The van der Waals surface area contributed by atoms with E-state index in [1.54, 1.807) is 34.8 Å². The smallest absolute Gasteiger partial charge is 0.270 e. The number of nitrogens with zero attached hydrogens (tertiary/aromatic N) is 4. The first-order valence-corrected chi connectivity index (χ1v) is 16.5. The number of amides is 3. The van der Waals surface area contributed by atoms with Gasteiger partial charge < -0.3 is 25.2 Å². The second kappa shape index (κ2) is 16.3. The molecule has 12 heteroatoms. The summed E-state index contributed by atoms with van der Waals surface area (Å²) < 4.78 is 23.0. The lowest BCUT2D eigenvalue weighted by Crippen LogP contribution is -2.56. The van der Waals surface area contributed by atoms with Gasteiger partial charge in [0.1, 0.15) is 23.7 Å². The molecule has 4 rings (SSSR count). The number of carbonyl (C=O) groups excluding carboxylic acids is 4. The second-order valence-corrected chi connectivity index (χ2v) is 12.7. The lowest BCUT2D eigenvalue weighted by Gasteiger charge is -2.36. The van der Waals surface area contributed by atoms with E-state index in [1.165, 1.54) is 19.2 Å². The average Bonchev–Trinajstić information content (AvgIpc) is 3.54. The number of rotatable bonds is 13. The molecule has 1 aromatic heterocycles. The molecule has 252 valence electrons. The summed E-state index contributed by atoms with van der Waals surface area (Å²) in [4.78, 5) is 57.0. The molecule has 46 heavy (non-hydrogen) atoms. The first kappa shape index (κ1) is 35.2. The van der Waals surface area contributed by atoms with Crippen molar-refractivity contribution < 1.29 is 28.3 Å². The van der Waals surface area contributed by atoms with Crippen LogP contribution in [0.25, 0.3) is 0 Å². The van der Waals surface area contributed by atoms with Gasteiger partial charge >= 0.3 is 0 Å². The Morgan fingerprint density at radius 2 is 1.72 bits per heavy atom. The first-order chi connectivity index (χ1) is 22.1. The molecule has 1 aliphatic heterocycles. The number of Topliss-reactive ketones (excluding diaryl/α,β-unsaturated/α-hetero) is 1. The van der Waals surface area contributed by atoms with E-state index in [0.717, 1.165) is 25.7 Å². The molecular formula is C34H49FN6O5. The summed E-state index contributed by atoms with van der Waals surface area (Å²) in [7, 11) is 3.41. The molecule has 1 saturated heterocycles. The number of piperazine rings is 1. The van der Waals surface area contributed by atoms with Crippen molar-refractivity contribution in [2.75, 3.05) is 40.3 Å². The minimum Gasteiger partial charge on any atom is -0.374 e. The van der Waals surface area contributed by atoms with Crippen molar-refractivity contribution in [1.82, 2.24) is 30.2 Å². The number of halogens is 1. The maximum atomic E-state index is 15.7. The Bertz CT molecular complexity index is 1370. The van der Waals surface area contributed by atoms with Gasteiger partial charge in [-0.25, -0.2) is 4.39 Å². The predicted molar refractivity (Wildman–Crippen MR) is 171 cm³/mol. The standard InChI is InChI=1S/C34H49FN6O5/c1-6-29(43)37-31(34(45)40-18-16-39(4)17-19-40)32(46-5)25-13-12-24(26(35)20-25)21-28(42)30(23-10-8-22(3)9-11-23)38-33(44)27-14-15-36-41(27)7-2/h12-15,20,22-23,30-32H,6-11,16-19,21H2,1-5H3,(H,37,43)(H,38,44)/t22?,23?,30-,31+,32?/m0/s1. The number of hydrogen-bond acceptors (Lipinski definition) is 7. The van der Waals surface area contributed by atoms with Crippen molar-refractivity contribution in [3.8, 4) is 0 Å². The number of methoxy groups -OCH3 is 1. The molecule has 1 unspecified atom stereocenters. The highest BCUT2D eigenvalue weighted by Gasteiger charge is 2.36. The summed E-state index contributed by atoms with van der Waals surface area (Å²) in [6.07, 6.45) is 4.10. The summed E-state index contributed by atoms with van der Waals surface area (Å²) in [6.45, 7) is 8.72. The van der Waals surface area contributed by atoms with Gasteiger partial charge in [-0.05, 0) is 61.9 Å². The number of benzene rings is 1. The fraction of sp³-hybridized carbons (Fsp3) is 0.618. The zero-order valence-corrected chi connectivity index (χ0v) is 27.8. The Morgan fingerprint density at radius 1 is 1.02 bits per heavy atom. The molecule has 3 atom stereocenters. The third kappa shape index (κ3) is 8.58. The fourth-order valence-corrected chi connectivity index (χ4v) is 6.49. The summed E-state index contributed by atoms with van der Waals surface area (Å²) in [6, 6.07) is 4.26. The maximum Gasteiger partial charge on any atom is 0.270 e. The normalized spacial score (nSPS) is 20.9. The molecule has 0 bridgehead atoms. The quantitative estimate of drug-likeness (QED) is 0.345. The van der Waals surface area contributed by atoms with Crippen LogP contribution in [0.5, 0.6) is 0 Å². The van der Waals surface area contributed by atoms with Crippen molar-refractivity contribution in [1.29, 1.82) is 0 Å². The maximum absolute atomic E-state index is 15.7. The number of aromatic nitrogens is 2. The minimum atomic E-state index is -1.04. The van der Waals surface area contributed by atoms with Crippen molar-refractivity contribution in [2.24, 2.45) is 11.8 Å². The average molecular weight is 641 g/mol. The molecule has 1 aromatic carbocycles. The predicted octanol–water partition coefficient (Wildman–Crippen LogP) is 3.13. The first-order valence-electron chi connectivity index (χ1n) is 16.5. The molecule has 2 aromatic rings. The highest BCUT2D eigenvalue weighted by atomic mass is 19.1. The molecule has 0 spiro atoms. The SMILES string of the molecule is CCC(=O)N[C@@H](C(=O)N1CCN(C)CC1)C(OC)c1ccc(CC(=O)[C@@H](NC(=O)c2ccnn2CC)C2CCC(C)CC2)c(F)c1. The van der Waals surface area contributed by atoms with Gasteiger partial charge in [-0.1, -0.05) is 38.8 Å². The summed E-state index contributed by atoms with van der Waals surface area (Å²) >= 11 is 0. The van der Waals surface area contributed by atoms with Gasteiger partial charge in [0, 0.05) is 58.9 Å². The van der Waals surface area contributed by atoms with Crippen LogP contribution in [0.4, 0.5) is 4.39 Å². The Labute approximate surface area is 271 Å². The highest BCUT2D eigenvalue weighted by molar-refractivity contribution is 5.97. The molecular weight excluding hydrogens is 591 g/mol. The van der Waals surface area contributed by atoms with E-state index in [0.29, 0.717) is 49.9 Å². The van der Waals surface area contributed by atoms with E-state index in [1.807, 2.05) is 14.0 Å². The van der Waals surface area contributed by atoms with Crippen LogP contribution >= 0.6 is 0 Å². The van der Waals surface area contributed by atoms with Gasteiger partial charge in [0.2, 0.25) is 11.8 Å². The van der Waals surface area contributed by atoms with Crippen LogP contribution < -0.4 is 10.6 Å². The van der Waals surface area contributed by atoms with Crippen LogP contribution in [-0.2, 0) is 32.1 Å². The van der Waals surface area contributed by atoms with Crippen LogP contribution in [0, 0.1) is 17.7 Å². The molecule has 3 amide bonds. The number of nitrogens with one attached hydrogen (secondary N) is 2. The number of aryl methyl sites for hydroxylation is 1. The minimum absolute atomic E-state index is 0.0469. The molecule has 0 radical (unpaired) electrons. The van der Waals surface area contributed by atoms with Crippen LogP contribution in [0.1, 0.15) is 80.6 Å². The van der Waals surface area contributed by atoms with E-state index >= 15 is 4.39 Å². The van der Waals surface area contributed by atoms with Gasteiger partial charge in [-0.2, -0.15) is 5.10 Å². The summed E-state index contributed by atoms with van der Waals surface area (Å²) in [5, 5.41) is 9.93. The Kier molecular flexibility index (Phi) is 12.5. The Morgan fingerprint density at radius 3 is 2.33 bits per heavy atom. The number of hydrogen-bond donors (Lipinski definition) is 2. The fourth-order valence-electron chi connectivity index (χ4n) is 6.49. The zero-order valence-electron chi connectivity index (χ0n) is 27.8. The van der Waals surface area contributed by atoms with E-state index in [-0.39, 0.29) is 47.8 Å². The van der Waals surface area contributed by atoms with Gasteiger partial charge in [0.25, 0.3) is 5.91 Å². The van der Waals surface area contributed by atoms with Crippen molar-refractivity contribution in [3.63, 3.8) is 0 Å². The van der Waals surface area contributed by atoms with Crippen molar-refractivity contribution >= 4 is 23.5 Å². The number of ketones is 1. The summed E-state index contributed by atoms with van der Waals surface area (Å²) in [5.74, 6) is -1.35. The summed E-state index contributed by atoms with van der Waals surface area (Å²) in [5.41, 5.74) is 0.936. The zero-order chi connectivity index (χ0) is 33.4. The van der Waals surface area contributed by atoms with Gasteiger partial charge in [-0.15, -0.1) is 0 Å². The molecule has 2 heterocycles. The topological polar surface area (TPSA) is 126 Å². The van der Waals surface area contributed by atoms with E-state index in [2.05, 4.69) is 27.6 Å². The van der Waals surface area contributed by atoms with Crippen LogP contribution in [-0.4, -0.2) is 95.5 Å². The lowest BCUT2D eigenvalue weighted by molar-refractivity contribution is -0.142. The van der Waals surface area contributed by atoms with Crippen LogP contribution in [0.2, 0.25) is 0 Å². The highest BCUT2D eigenvalue weighted by Crippen LogP contribution is 2.32. The van der Waals surface area contributed by atoms with Gasteiger partial charge in [0.05, 0.1) is 6.04 Å². The number of carbonyl (C=O) groups is 4. The van der Waals surface area contributed by atoms with Crippen LogP contribution in [0.15, 0.2) is 30.5 Å². The molecule has 1 saturated carbocycles. The van der Waals surface area contributed by atoms with Crippen LogP contribution in [0.3, 0.4) is 0 Å². The van der Waals surface area contributed by atoms with E-state index in [9.17, 15) is 19.2 Å².